The van der Waals surface area contributed by atoms with E-state index < -0.39 is 0 Å². The molecule has 2 rings (SSSR count). The molecule has 0 unspecified atom stereocenters. The Balaban J connectivity index is 2.67. The van der Waals surface area contributed by atoms with Gasteiger partial charge in [0.15, 0.2) is 0 Å². The highest BCUT2D eigenvalue weighted by Gasteiger charge is 2.09. The molecular weight excluding hydrogens is 190 g/mol. The van der Waals surface area contributed by atoms with Crippen LogP contribution in [0.2, 0.25) is 0 Å². The van der Waals surface area contributed by atoms with E-state index in [0.717, 1.165) is 22.6 Å². The summed E-state index contributed by atoms with van der Waals surface area (Å²) in [4.78, 5) is 15.2. The highest BCUT2D eigenvalue weighted by molar-refractivity contribution is 5.76. The Morgan fingerprint density at radius 2 is 2.20 bits per heavy atom. The molecule has 4 heteroatoms. The number of carbonyl (C=O) groups excluding carboxylic acids is 1. The van der Waals surface area contributed by atoms with Gasteiger partial charge in [0, 0.05) is 11.9 Å². The molecule has 0 aromatic carbocycles. The third-order valence-corrected chi connectivity index (χ3v) is 2.47. The zero-order valence-electron chi connectivity index (χ0n) is 8.82. The number of nitrogens with zero attached hydrogens (tertiary/aromatic N) is 2. The second kappa shape index (κ2) is 3.38. The van der Waals surface area contributed by atoms with E-state index in [9.17, 15) is 4.79 Å². The molecule has 0 saturated heterocycles. The summed E-state index contributed by atoms with van der Waals surface area (Å²) in [5.74, 6) is -0.335. The van der Waals surface area contributed by atoms with Crippen LogP contribution in [0.5, 0.6) is 0 Å². The van der Waals surface area contributed by atoms with Crippen LogP contribution in [0.15, 0.2) is 18.3 Å². The molecule has 15 heavy (non-hydrogen) atoms. The number of amides is 1. The van der Waals surface area contributed by atoms with Gasteiger partial charge < -0.3 is 10.1 Å². The number of imidazole rings is 1. The Bertz CT molecular complexity index is 528. The predicted molar refractivity (Wildman–Crippen MR) is 57.6 cm³/mol. The molecule has 4 nitrogen and oxygen atoms in total. The van der Waals surface area contributed by atoms with Gasteiger partial charge in [0.1, 0.15) is 5.65 Å². The number of rotatable bonds is 2. The van der Waals surface area contributed by atoms with Crippen LogP contribution in [-0.4, -0.2) is 15.3 Å². The van der Waals surface area contributed by atoms with Gasteiger partial charge in [-0.3, -0.25) is 4.79 Å². The first-order chi connectivity index (χ1) is 7.09. The summed E-state index contributed by atoms with van der Waals surface area (Å²) in [6.45, 7) is 3.98. The molecule has 2 heterocycles. The molecule has 78 valence electrons. The summed E-state index contributed by atoms with van der Waals surface area (Å²) in [6.07, 6.45) is 1.94. The van der Waals surface area contributed by atoms with Crippen LogP contribution in [0.1, 0.15) is 17.0 Å². The Morgan fingerprint density at radius 1 is 1.47 bits per heavy atom. The summed E-state index contributed by atoms with van der Waals surface area (Å²) in [7, 11) is 0. The molecule has 0 aliphatic rings. The van der Waals surface area contributed by atoms with E-state index >= 15 is 0 Å². The highest BCUT2D eigenvalue weighted by atomic mass is 16.1. The topological polar surface area (TPSA) is 60.4 Å². The van der Waals surface area contributed by atoms with Crippen LogP contribution in [0.25, 0.3) is 5.65 Å². The van der Waals surface area contributed by atoms with Crippen molar-refractivity contribution in [2.45, 2.75) is 20.3 Å². The zero-order chi connectivity index (χ0) is 11.0. The van der Waals surface area contributed by atoms with Crippen molar-refractivity contribution < 1.29 is 4.79 Å². The van der Waals surface area contributed by atoms with Crippen LogP contribution in [0.4, 0.5) is 0 Å². The lowest BCUT2D eigenvalue weighted by Crippen LogP contribution is -2.15. The van der Waals surface area contributed by atoms with Crippen molar-refractivity contribution in [1.29, 1.82) is 0 Å². The summed E-state index contributed by atoms with van der Waals surface area (Å²) >= 11 is 0. The summed E-state index contributed by atoms with van der Waals surface area (Å²) in [6, 6.07) is 4.03. The second-order valence-corrected chi connectivity index (χ2v) is 3.71. The Hall–Kier alpha value is -1.84. The van der Waals surface area contributed by atoms with Gasteiger partial charge in [0.25, 0.3) is 0 Å². The zero-order valence-corrected chi connectivity index (χ0v) is 8.82. The van der Waals surface area contributed by atoms with Crippen molar-refractivity contribution in [2.24, 2.45) is 5.73 Å². The fourth-order valence-corrected chi connectivity index (χ4v) is 1.76. The molecule has 0 saturated carbocycles. The van der Waals surface area contributed by atoms with Gasteiger partial charge in [-0.1, -0.05) is 6.07 Å². The minimum absolute atomic E-state index is 0.228. The Morgan fingerprint density at radius 3 is 2.87 bits per heavy atom. The fraction of sp³-hybridized carbons (Fsp3) is 0.273. The number of aryl methyl sites for hydroxylation is 2. The fourth-order valence-electron chi connectivity index (χ4n) is 1.76. The van der Waals surface area contributed by atoms with Crippen LogP contribution in [0, 0.1) is 13.8 Å². The molecule has 2 N–H and O–H groups in total. The van der Waals surface area contributed by atoms with Crippen molar-refractivity contribution in [2.75, 3.05) is 0 Å². The molecule has 0 aliphatic carbocycles. The van der Waals surface area contributed by atoms with Gasteiger partial charge in [0.05, 0.1) is 12.1 Å². The summed E-state index contributed by atoms with van der Waals surface area (Å²) < 4.78 is 1.97. The van der Waals surface area contributed by atoms with Gasteiger partial charge >= 0.3 is 0 Å². The number of carbonyl (C=O) groups is 1. The quantitative estimate of drug-likeness (QED) is 0.790. The Labute approximate surface area is 87.7 Å². The number of aromatic nitrogens is 2. The number of fused-ring (bicyclic) bond motifs is 1. The molecular formula is C11H13N3O. The minimum atomic E-state index is -0.335. The number of hydrogen-bond acceptors (Lipinski definition) is 2. The minimum Gasteiger partial charge on any atom is -0.369 e. The van der Waals surface area contributed by atoms with E-state index in [1.807, 2.05) is 30.4 Å². The number of nitrogens with two attached hydrogens (primary N) is 1. The lowest BCUT2D eigenvalue weighted by atomic mass is 10.2. The van der Waals surface area contributed by atoms with Crippen LogP contribution < -0.4 is 5.73 Å². The predicted octanol–water partition coefficient (Wildman–Crippen LogP) is 0.979. The molecule has 0 radical (unpaired) electrons. The van der Waals surface area contributed by atoms with Gasteiger partial charge in [-0.15, -0.1) is 0 Å². The third kappa shape index (κ3) is 1.58. The largest absolute Gasteiger partial charge is 0.369 e. The van der Waals surface area contributed by atoms with Gasteiger partial charge in [-0.25, -0.2) is 4.98 Å². The molecule has 2 aromatic heterocycles. The normalized spacial score (nSPS) is 10.8. The van der Waals surface area contributed by atoms with Crippen molar-refractivity contribution in [3.63, 3.8) is 0 Å². The smallest absolute Gasteiger partial charge is 0.223 e. The van der Waals surface area contributed by atoms with E-state index in [4.69, 9.17) is 5.73 Å². The van der Waals surface area contributed by atoms with Gasteiger partial charge in [0.2, 0.25) is 5.91 Å². The molecule has 1 amide bonds. The van der Waals surface area contributed by atoms with Crippen molar-refractivity contribution >= 4 is 11.6 Å². The molecule has 0 aliphatic heterocycles. The highest BCUT2D eigenvalue weighted by Crippen LogP contribution is 2.14. The summed E-state index contributed by atoms with van der Waals surface area (Å²) in [5, 5.41) is 0. The van der Waals surface area contributed by atoms with E-state index in [1.54, 1.807) is 6.20 Å². The van der Waals surface area contributed by atoms with Crippen LogP contribution in [-0.2, 0) is 11.2 Å². The monoisotopic (exact) mass is 203 g/mol. The Kier molecular flexibility index (Phi) is 2.19. The molecule has 2 aromatic rings. The first kappa shape index (κ1) is 9.71. The SMILES string of the molecule is Cc1ccc(C)n2c(CC(N)=O)cnc12. The van der Waals surface area contributed by atoms with Crippen LogP contribution >= 0.6 is 0 Å². The number of primary amides is 1. The van der Waals surface area contributed by atoms with Crippen molar-refractivity contribution in [3.05, 3.63) is 35.3 Å². The van der Waals surface area contributed by atoms with Crippen molar-refractivity contribution in [3.8, 4) is 0 Å². The maximum absolute atomic E-state index is 10.9. The average Bonchev–Trinajstić information content (AvgIpc) is 2.56. The maximum Gasteiger partial charge on any atom is 0.223 e. The van der Waals surface area contributed by atoms with E-state index in [0.29, 0.717) is 0 Å². The van der Waals surface area contributed by atoms with E-state index in [1.165, 1.54) is 0 Å². The summed E-state index contributed by atoms with van der Waals surface area (Å²) in [5.41, 5.74) is 9.08. The maximum atomic E-state index is 10.9. The number of hydrogen-bond donors (Lipinski definition) is 1. The van der Waals surface area contributed by atoms with Crippen LogP contribution in [0.3, 0.4) is 0 Å². The first-order valence-corrected chi connectivity index (χ1v) is 4.80. The van der Waals surface area contributed by atoms with Gasteiger partial charge in [-0.2, -0.15) is 0 Å². The lowest BCUT2D eigenvalue weighted by Gasteiger charge is -2.05. The molecule has 0 spiro atoms. The average molecular weight is 203 g/mol. The lowest BCUT2D eigenvalue weighted by molar-refractivity contribution is -0.117. The molecule has 0 atom stereocenters. The number of pyridine rings is 1. The first-order valence-electron chi connectivity index (χ1n) is 4.80. The molecule has 0 bridgehead atoms. The van der Waals surface area contributed by atoms with Gasteiger partial charge in [-0.05, 0) is 25.5 Å². The second-order valence-electron chi connectivity index (χ2n) is 3.71. The van der Waals surface area contributed by atoms with E-state index in [-0.39, 0.29) is 12.3 Å². The van der Waals surface area contributed by atoms with E-state index in [2.05, 4.69) is 4.98 Å². The molecule has 0 fully saturated rings. The van der Waals surface area contributed by atoms with Crippen molar-refractivity contribution in [1.82, 2.24) is 9.38 Å². The third-order valence-electron chi connectivity index (χ3n) is 2.47. The standard InChI is InChI=1S/C11H13N3O/c1-7-3-4-8(2)14-9(5-10(12)15)6-13-11(7)14/h3-4,6H,5H2,1-2H3,(H2,12,15).